The first-order chi connectivity index (χ1) is 11.1. The van der Waals surface area contributed by atoms with Gasteiger partial charge in [0, 0.05) is 44.4 Å². The van der Waals surface area contributed by atoms with Crippen molar-refractivity contribution in [3.8, 4) is 0 Å². The summed E-state index contributed by atoms with van der Waals surface area (Å²) in [7, 11) is 1.85. The number of aryl methyl sites for hydroxylation is 1. The van der Waals surface area contributed by atoms with Gasteiger partial charge >= 0.3 is 5.97 Å². The topological polar surface area (TPSA) is 96.2 Å². The van der Waals surface area contributed by atoms with E-state index in [1.807, 2.05) is 7.05 Å². The van der Waals surface area contributed by atoms with Crippen LogP contribution in [0.5, 0.6) is 0 Å². The molecular formula is C16H18N4O3. The van der Waals surface area contributed by atoms with Crippen molar-refractivity contribution in [2.75, 3.05) is 6.54 Å². The number of carboxylic acids is 1. The lowest BCUT2D eigenvalue weighted by molar-refractivity contribution is 0.0696. The van der Waals surface area contributed by atoms with E-state index in [4.69, 9.17) is 5.11 Å². The predicted octanol–water partition coefficient (Wildman–Crippen LogP) is 0.694. The van der Waals surface area contributed by atoms with Crippen LogP contribution in [0.1, 0.15) is 37.7 Å². The molecule has 1 aliphatic rings. The highest BCUT2D eigenvalue weighted by Gasteiger charge is 2.23. The molecule has 0 atom stereocenters. The lowest BCUT2D eigenvalue weighted by Gasteiger charge is -2.14. The number of rotatable bonds is 4. The maximum absolute atomic E-state index is 12.4. The van der Waals surface area contributed by atoms with Crippen LogP contribution in [0.4, 0.5) is 0 Å². The number of carbonyl (C=O) groups excluding carboxylic acids is 1. The van der Waals surface area contributed by atoms with Crippen LogP contribution in [0.15, 0.2) is 24.3 Å². The summed E-state index contributed by atoms with van der Waals surface area (Å²) in [6.45, 7) is 1.88. The first-order valence-electron chi connectivity index (χ1n) is 7.42. The number of benzene rings is 1. The summed E-state index contributed by atoms with van der Waals surface area (Å²) in [6, 6.07) is 6.44. The zero-order valence-electron chi connectivity index (χ0n) is 12.8. The SMILES string of the molecule is Cn1nc(C(=O)NCc2ccc(C(=O)O)cc2)c2c1CCNC2. The van der Waals surface area contributed by atoms with Crippen LogP contribution in [0.25, 0.3) is 0 Å². The van der Waals surface area contributed by atoms with Crippen LogP contribution < -0.4 is 10.6 Å². The molecular weight excluding hydrogens is 296 g/mol. The summed E-state index contributed by atoms with van der Waals surface area (Å²) >= 11 is 0. The van der Waals surface area contributed by atoms with Gasteiger partial charge in [-0.1, -0.05) is 12.1 Å². The number of aromatic carboxylic acids is 1. The first kappa shape index (κ1) is 15.2. The predicted molar refractivity (Wildman–Crippen MR) is 83.2 cm³/mol. The van der Waals surface area contributed by atoms with Gasteiger partial charge in [-0.3, -0.25) is 9.48 Å². The van der Waals surface area contributed by atoms with Crippen molar-refractivity contribution in [3.05, 3.63) is 52.3 Å². The number of hydrogen-bond acceptors (Lipinski definition) is 4. The number of nitrogens with one attached hydrogen (secondary N) is 2. The van der Waals surface area contributed by atoms with Gasteiger partial charge in [0.05, 0.1) is 5.56 Å². The van der Waals surface area contributed by atoms with Crippen LogP contribution in [-0.4, -0.2) is 33.3 Å². The molecule has 1 aromatic heterocycles. The minimum atomic E-state index is -0.965. The normalized spacial score (nSPS) is 13.4. The molecule has 120 valence electrons. The summed E-state index contributed by atoms with van der Waals surface area (Å²) < 4.78 is 1.77. The Hall–Kier alpha value is -2.67. The molecule has 0 saturated carbocycles. The zero-order chi connectivity index (χ0) is 16.4. The fraction of sp³-hybridized carbons (Fsp3) is 0.312. The van der Waals surface area contributed by atoms with Gasteiger partial charge in [-0.05, 0) is 17.7 Å². The van der Waals surface area contributed by atoms with E-state index < -0.39 is 5.97 Å². The molecule has 0 unspecified atom stereocenters. The number of amides is 1. The number of hydrogen-bond donors (Lipinski definition) is 3. The van der Waals surface area contributed by atoms with E-state index in [-0.39, 0.29) is 11.5 Å². The zero-order valence-corrected chi connectivity index (χ0v) is 12.8. The highest BCUT2D eigenvalue weighted by atomic mass is 16.4. The Morgan fingerprint density at radius 2 is 2.09 bits per heavy atom. The summed E-state index contributed by atoms with van der Waals surface area (Å²) in [5, 5.41) is 19.3. The third kappa shape index (κ3) is 3.09. The van der Waals surface area contributed by atoms with E-state index in [0.717, 1.165) is 29.8 Å². The Labute approximate surface area is 133 Å². The summed E-state index contributed by atoms with van der Waals surface area (Å²) in [6.07, 6.45) is 0.864. The smallest absolute Gasteiger partial charge is 0.335 e. The molecule has 0 radical (unpaired) electrons. The van der Waals surface area contributed by atoms with Crippen molar-refractivity contribution in [3.63, 3.8) is 0 Å². The van der Waals surface area contributed by atoms with Gasteiger partial charge < -0.3 is 15.7 Å². The molecule has 3 N–H and O–H groups in total. The van der Waals surface area contributed by atoms with E-state index in [1.54, 1.807) is 16.8 Å². The fourth-order valence-corrected chi connectivity index (χ4v) is 2.74. The van der Waals surface area contributed by atoms with Gasteiger partial charge in [-0.2, -0.15) is 5.10 Å². The lowest BCUT2D eigenvalue weighted by Crippen LogP contribution is -2.28. The molecule has 23 heavy (non-hydrogen) atoms. The first-order valence-corrected chi connectivity index (χ1v) is 7.42. The maximum Gasteiger partial charge on any atom is 0.335 e. The Balaban J connectivity index is 1.69. The van der Waals surface area contributed by atoms with E-state index in [9.17, 15) is 9.59 Å². The molecule has 3 rings (SSSR count). The molecule has 0 aliphatic carbocycles. The van der Waals surface area contributed by atoms with Crippen molar-refractivity contribution in [2.45, 2.75) is 19.5 Å². The fourth-order valence-electron chi connectivity index (χ4n) is 2.74. The highest BCUT2D eigenvalue weighted by molar-refractivity contribution is 5.94. The average Bonchev–Trinajstić information content (AvgIpc) is 2.90. The van der Waals surface area contributed by atoms with Gasteiger partial charge in [0.2, 0.25) is 0 Å². The second-order valence-corrected chi connectivity index (χ2v) is 5.51. The average molecular weight is 314 g/mol. The molecule has 7 nitrogen and oxygen atoms in total. The minimum Gasteiger partial charge on any atom is -0.478 e. The third-order valence-corrected chi connectivity index (χ3v) is 3.98. The van der Waals surface area contributed by atoms with E-state index in [2.05, 4.69) is 15.7 Å². The van der Waals surface area contributed by atoms with E-state index in [1.165, 1.54) is 12.1 Å². The molecule has 0 saturated heterocycles. The molecule has 7 heteroatoms. The van der Waals surface area contributed by atoms with Crippen molar-refractivity contribution < 1.29 is 14.7 Å². The molecule has 0 fully saturated rings. The third-order valence-electron chi connectivity index (χ3n) is 3.98. The second kappa shape index (κ2) is 6.21. The molecule has 1 amide bonds. The quantitative estimate of drug-likeness (QED) is 0.772. The second-order valence-electron chi connectivity index (χ2n) is 5.51. The van der Waals surface area contributed by atoms with Gasteiger partial charge in [-0.15, -0.1) is 0 Å². The maximum atomic E-state index is 12.4. The highest BCUT2D eigenvalue weighted by Crippen LogP contribution is 2.17. The lowest BCUT2D eigenvalue weighted by atomic mass is 10.1. The molecule has 1 aliphatic heterocycles. The van der Waals surface area contributed by atoms with Crippen LogP contribution in [0, 0.1) is 0 Å². The van der Waals surface area contributed by atoms with Gasteiger partial charge in [0.25, 0.3) is 5.91 Å². The Kier molecular flexibility index (Phi) is 4.12. The summed E-state index contributed by atoms with van der Waals surface area (Å²) in [5.41, 5.74) is 3.57. The van der Waals surface area contributed by atoms with Crippen LogP contribution in [-0.2, 0) is 26.6 Å². The Morgan fingerprint density at radius 1 is 1.35 bits per heavy atom. The molecule has 0 spiro atoms. The Bertz CT molecular complexity index is 749. The minimum absolute atomic E-state index is 0.215. The van der Waals surface area contributed by atoms with Gasteiger partial charge in [0.15, 0.2) is 5.69 Å². The van der Waals surface area contributed by atoms with Crippen LogP contribution >= 0.6 is 0 Å². The van der Waals surface area contributed by atoms with Gasteiger partial charge in [-0.25, -0.2) is 4.79 Å². The van der Waals surface area contributed by atoms with E-state index >= 15 is 0 Å². The molecule has 2 heterocycles. The number of fused-ring (bicyclic) bond motifs is 1. The largest absolute Gasteiger partial charge is 0.478 e. The van der Waals surface area contributed by atoms with Crippen molar-refractivity contribution in [1.82, 2.24) is 20.4 Å². The number of carboxylic acid groups (broad SMARTS) is 1. The summed E-state index contributed by atoms with van der Waals surface area (Å²) in [5.74, 6) is -1.18. The van der Waals surface area contributed by atoms with Crippen molar-refractivity contribution in [2.24, 2.45) is 7.05 Å². The molecule has 0 bridgehead atoms. The number of nitrogens with zero attached hydrogens (tertiary/aromatic N) is 2. The van der Waals surface area contributed by atoms with Crippen LogP contribution in [0.3, 0.4) is 0 Å². The number of carbonyl (C=O) groups is 2. The van der Waals surface area contributed by atoms with E-state index in [0.29, 0.717) is 18.8 Å². The summed E-state index contributed by atoms with van der Waals surface area (Å²) in [4.78, 5) is 23.2. The van der Waals surface area contributed by atoms with Crippen molar-refractivity contribution in [1.29, 1.82) is 0 Å². The Morgan fingerprint density at radius 3 is 2.78 bits per heavy atom. The van der Waals surface area contributed by atoms with Crippen LogP contribution in [0.2, 0.25) is 0 Å². The molecule has 1 aromatic carbocycles. The van der Waals surface area contributed by atoms with Gasteiger partial charge in [0.1, 0.15) is 0 Å². The monoisotopic (exact) mass is 314 g/mol. The molecule has 2 aromatic rings. The number of aromatic nitrogens is 2. The standard InChI is InChI=1S/C16H18N4O3/c1-20-13-6-7-17-9-12(13)14(19-20)15(21)18-8-10-2-4-11(5-3-10)16(22)23/h2-5,17H,6-9H2,1H3,(H,18,21)(H,22,23). The van der Waals surface area contributed by atoms with Crippen molar-refractivity contribution >= 4 is 11.9 Å².